The number of nitrogens with zero attached hydrogens (tertiary/aromatic N) is 5. The molecule has 1 aromatic heterocycles. The topological polar surface area (TPSA) is 95.1 Å². The Bertz CT molecular complexity index is 1110. The Kier molecular flexibility index (Phi) is 5.84. The van der Waals surface area contributed by atoms with Crippen molar-refractivity contribution >= 4 is 23.3 Å². The number of carbonyl (C=O) groups is 2. The van der Waals surface area contributed by atoms with Gasteiger partial charge in [-0.1, -0.05) is 6.92 Å². The Morgan fingerprint density at radius 1 is 1.44 bits per heavy atom. The van der Waals surface area contributed by atoms with E-state index in [1.165, 1.54) is 12.1 Å². The number of urea groups is 1. The molecule has 4 rings (SSSR count). The molecule has 0 saturated carbocycles. The molecule has 32 heavy (non-hydrogen) atoms. The number of halogens is 1. The molecule has 9 nitrogen and oxygen atoms in total. The van der Waals surface area contributed by atoms with Gasteiger partial charge in [0.05, 0.1) is 24.9 Å². The first-order valence-corrected chi connectivity index (χ1v) is 10.6. The maximum absolute atomic E-state index is 13.6. The van der Waals surface area contributed by atoms with Crippen molar-refractivity contribution in [1.29, 1.82) is 0 Å². The summed E-state index contributed by atoms with van der Waals surface area (Å²) in [4.78, 5) is 32.2. The van der Waals surface area contributed by atoms with E-state index < -0.39 is 18.0 Å². The second kappa shape index (κ2) is 8.59. The van der Waals surface area contributed by atoms with Crippen LogP contribution in [-0.2, 0) is 19.5 Å². The quantitative estimate of drug-likeness (QED) is 0.718. The van der Waals surface area contributed by atoms with Crippen LogP contribution in [-0.4, -0.2) is 62.9 Å². The normalized spacial score (nSPS) is 19.0. The lowest BCUT2D eigenvalue weighted by molar-refractivity contribution is 0.0626. The zero-order valence-corrected chi connectivity index (χ0v) is 18.0. The fourth-order valence-electron chi connectivity index (χ4n) is 4.32. The highest BCUT2D eigenvalue weighted by Gasteiger charge is 2.36. The second-order valence-electron chi connectivity index (χ2n) is 8.26. The number of hydrogen-bond donors (Lipinski definition) is 2. The number of anilines is 1. The standard InChI is InChI=1S/C22H25FN6O3/c1-4-19(30)13-10-27(3)21(31)20-15-12-28(8-7-17(15)26-29(20)11-13)22(32)25-14-5-6-16(23)18(9-14)24-2/h5-6,9,13,19,30H,4,7-8,10-12H2,1,3H3,(H,25,32). The molecule has 0 spiro atoms. The minimum Gasteiger partial charge on any atom is -0.393 e. The van der Waals surface area contributed by atoms with Gasteiger partial charge >= 0.3 is 6.03 Å². The highest BCUT2D eigenvalue weighted by Crippen LogP contribution is 2.28. The summed E-state index contributed by atoms with van der Waals surface area (Å²) in [7, 11) is 1.71. The van der Waals surface area contributed by atoms with Crippen LogP contribution in [0.2, 0.25) is 0 Å². The molecule has 3 amide bonds. The minimum absolute atomic E-state index is 0.119. The molecule has 0 saturated heterocycles. The zero-order chi connectivity index (χ0) is 23.0. The number of carbonyl (C=O) groups excluding carboxylic acids is 2. The molecule has 2 aromatic rings. The van der Waals surface area contributed by atoms with E-state index in [4.69, 9.17) is 6.57 Å². The van der Waals surface area contributed by atoms with E-state index in [1.54, 1.807) is 21.5 Å². The van der Waals surface area contributed by atoms with E-state index >= 15 is 0 Å². The summed E-state index contributed by atoms with van der Waals surface area (Å²) >= 11 is 0. The van der Waals surface area contributed by atoms with E-state index in [2.05, 4.69) is 15.3 Å². The molecule has 10 heteroatoms. The predicted octanol–water partition coefficient (Wildman–Crippen LogP) is 2.64. The maximum atomic E-state index is 13.6. The van der Waals surface area contributed by atoms with Gasteiger partial charge in [0.15, 0.2) is 0 Å². The third-order valence-corrected chi connectivity index (χ3v) is 6.13. The van der Waals surface area contributed by atoms with Crippen molar-refractivity contribution in [1.82, 2.24) is 19.6 Å². The maximum Gasteiger partial charge on any atom is 0.322 e. The lowest BCUT2D eigenvalue weighted by atomic mass is 10.0. The zero-order valence-electron chi connectivity index (χ0n) is 18.0. The summed E-state index contributed by atoms with van der Waals surface area (Å²) in [6.07, 6.45) is 0.559. The van der Waals surface area contributed by atoms with E-state index in [-0.39, 0.29) is 24.1 Å². The van der Waals surface area contributed by atoms with Gasteiger partial charge in [-0.2, -0.15) is 5.10 Å². The summed E-state index contributed by atoms with van der Waals surface area (Å²) in [5, 5.41) is 17.7. The van der Waals surface area contributed by atoms with Gasteiger partial charge in [-0.25, -0.2) is 14.0 Å². The first-order chi connectivity index (χ1) is 15.3. The molecule has 2 aliphatic rings. The Labute approximate surface area is 185 Å². The Morgan fingerprint density at radius 3 is 2.94 bits per heavy atom. The van der Waals surface area contributed by atoms with Crippen molar-refractivity contribution in [3.05, 3.63) is 52.4 Å². The average Bonchev–Trinajstić information content (AvgIpc) is 3.09. The number of amides is 3. The van der Waals surface area contributed by atoms with Crippen LogP contribution < -0.4 is 5.32 Å². The summed E-state index contributed by atoms with van der Waals surface area (Å²) in [6, 6.07) is 3.44. The first kappa shape index (κ1) is 21.8. The number of aromatic nitrogens is 2. The van der Waals surface area contributed by atoms with Crippen LogP contribution in [0.5, 0.6) is 0 Å². The average molecular weight is 440 g/mol. The number of benzene rings is 1. The summed E-state index contributed by atoms with van der Waals surface area (Å²) in [6.45, 7) is 10.4. The molecule has 1 aromatic carbocycles. The van der Waals surface area contributed by atoms with Crippen molar-refractivity contribution in [3.63, 3.8) is 0 Å². The molecular weight excluding hydrogens is 415 g/mol. The first-order valence-electron chi connectivity index (χ1n) is 10.6. The van der Waals surface area contributed by atoms with Crippen LogP contribution in [0.3, 0.4) is 0 Å². The third kappa shape index (κ3) is 3.91. The van der Waals surface area contributed by atoms with Crippen LogP contribution in [0.4, 0.5) is 20.6 Å². The monoisotopic (exact) mass is 440 g/mol. The molecule has 0 fully saturated rings. The van der Waals surface area contributed by atoms with Crippen molar-refractivity contribution in [3.8, 4) is 0 Å². The molecule has 0 aliphatic carbocycles. The molecule has 3 heterocycles. The lowest BCUT2D eigenvalue weighted by Crippen LogP contribution is -2.40. The van der Waals surface area contributed by atoms with Crippen molar-refractivity contribution < 1.29 is 19.1 Å². The molecule has 2 atom stereocenters. The highest BCUT2D eigenvalue weighted by atomic mass is 19.1. The van der Waals surface area contributed by atoms with Gasteiger partial charge in [0.1, 0.15) is 11.5 Å². The summed E-state index contributed by atoms with van der Waals surface area (Å²) in [5.74, 6) is -0.935. The van der Waals surface area contributed by atoms with Crippen LogP contribution in [0.25, 0.3) is 4.85 Å². The van der Waals surface area contributed by atoms with Gasteiger partial charge in [-0.15, -0.1) is 0 Å². The third-order valence-electron chi connectivity index (χ3n) is 6.13. The Morgan fingerprint density at radius 2 is 2.22 bits per heavy atom. The van der Waals surface area contributed by atoms with Gasteiger partial charge < -0.3 is 20.2 Å². The van der Waals surface area contributed by atoms with E-state index in [9.17, 15) is 19.1 Å². The number of aliphatic hydroxyl groups is 1. The fourth-order valence-corrected chi connectivity index (χ4v) is 4.32. The molecular formula is C22H25FN6O3. The molecule has 2 aliphatic heterocycles. The van der Waals surface area contributed by atoms with Crippen molar-refractivity contribution in [2.45, 2.75) is 39.0 Å². The predicted molar refractivity (Wildman–Crippen MR) is 115 cm³/mol. The van der Waals surface area contributed by atoms with Gasteiger partial charge in [0, 0.05) is 50.3 Å². The smallest absolute Gasteiger partial charge is 0.322 e. The Balaban J connectivity index is 1.57. The number of rotatable bonds is 3. The van der Waals surface area contributed by atoms with E-state index in [0.29, 0.717) is 43.9 Å². The minimum atomic E-state index is -0.641. The van der Waals surface area contributed by atoms with E-state index in [0.717, 1.165) is 17.3 Å². The number of fused-ring (bicyclic) bond motifs is 3. The SMILES string of the molecule is [C-]#[N+]c1cc(NC(=O)N2CCc3nn4c(c3C2)C(=O)N(C)CC(C(O)CC)C4)ccc1F. The second-order valence-corrected chi connectivity index (χ2v) is 8.26. The van der Waals surface area contributed by atoms with Gasteiger partial charge in [0.2, 0.25) is 5.69 Å². The molecule has 0 radical (unpaired) electrons. The fraction of sp³-hybridized carbons (Fsp3) is 0.455. The number of nitrogens with one attached hydrogen (secondary N) is 1. The molecule has 2 N–H and O–H groups in total. The van der Waals surface area contributed by atoms with Crippen LogP contribution >= 0.6 is 0 Å². The number of hydrogen-bond acceptors (Lipinski definition) is 4. The van der Waals surface area contributed by atoms with Crippen molar-refractivity contribution in [2.75, 3.05) is 25.5 Å². The van der Waals surface area contributed by atoms with Crippen molar-refractivity contribution in [2.24, 2.45) is 5.92 Å². The van der Waals surface area contributed by atoms with Crippen LogP contribution in [0, 0.1) is 18.3 Å². The van der Waals surface area contributed by atoms with Crippen LogP contribution in [0.15, 0.2) is 18.2 Å². The highest BCUT2D eigenvalue weighted by molar-refractivity contribution is 5.95. The van der Waals surface area contributed by atoms with Gasteiger partial charge in [0.25, 0.3) is 5.91 Å². The van der Waals surface area contributed by atoms with Crippen LogP contribution in [0.1, 0.15) is 35.1 Å². The van der Waals surface area contributed by atoms with Gasteiger partial charge in [-0.3, -0.25) is 9.48 Å². The molecule has 0 bridgehead atoms. The molecule has 2 unspecified atom stereocenters. The largest absolute Gasteiger partial charge is 0.393 e. The number of aliphatic hydroxyl groups excluding tert-OH is 1. The Hall–Kier alpha value is -3.45. The van der Waals surface area contributed by atoms with E-state index in [1.807, 2.05) is 6.92 Å². The summed E-state index contributed by atoms with van der Waals surface area (Å²) in [5.41, 5.74) is 2.13. The van der Waals surface area contributed by atoms with Gasteiger partial charge in [-0.05, 0) is 24.6 Å². The molecule has 168 valence electrons. The lowest BCUT2D eigenvalue weighted by Gasteiger charge is -2.27. The summed E-state index contributed by atoms with van der Waals surface area (Å²) < 4.78 is 15.2.